The van der Waals surface area contributed by atoms with Crippen molar-refractivity contribution in [3.63, 3.8) is 0 Å². The van der Waals surface area contributed by atoms with Crippen molar-refractivity contribution in [1.82, 2.24) is 36.5 Å². The lowest BCUT2D eigenvalue weighted by atomic mass is 9.92. The molecule has 0 saturated carbocycles. The van der Waals surface area contributed by atoms with Gasteiger partial charge in [0.15, 0.2) is 0 Å². The Labute approximate surface area is 360 Å². The van der Waals surface area contributed by atoms with E-state index in [1.807, 2.05) is 100 Å². The van der Waals surface area contributed by atoms with Crippen LogP contribution in [0.1, 0.15) is 65.0 Å². The van der Waals surface area contributed by atoms with Crippen LogP contribution >= 0.6 is 0 Å². The number of amides is 6. The standard InChI is InChI=1S/C45H66N8O8/c1-31(2)26-36(40(45(5)30-61-45)50-51-44(58)53-20-24-60-25-21-53)47-43(57)38(28-34-14-10-7-11-15-34)49-42(56)37(27-32(3)4)48-41(55)35(17-16-33-12-8-6-9-13-33)46-39(54)29-52-18-22-59-23-19-52/h6-15,31-32,35-38H,16-30H2,1-5H3,(H,46,54)(H,47,57)(H,48,55)(H,49,56)(H,51,58)/b50-40-/t35-,36-,37?,38-,45+/m0/s1. The zero-order chi connectivity index (χ0) is 43.8. The van der Waals surface area contributed by atoms with Crippen LogP contribution in [0.5, 0.6) is 0 Å². The van der Waals surface area contributed by atoms with Gasteiger partial charge in [0.25, 0.3) is 0 Å². The van der Waals surface area contributed by atoms with Crippen LogP contribution in [-0.2, 0) is 46.2 Å². The van der Waals surface area contributed by atoms with Gasteiger partial charge in [0.1, 0.15) is 23.7 Å². The predicted octanol–water partition coefficient (Wildman–Crippen LogP) is 2.41. The second-order valence-electron chi connectivity index (χ2n) is 17.2. The Morgan fingerprint density at radius 3 is 1.77 bits per heavy atom. The number of urea groups is 1. The summed E-state index contributed by atoms with van der Waals surface area (Å²) in [6.45, 7) is 14.4. The van der Waals surface area contributed by atoms with Gasteiger partial charge in [-0.3, -0.25) is 24.1 Å². The van der Waals surface area contributed by atoms with Crippen LogP contribution in [-0.4, -0.2) is 141 Å². The van der Waals surface area contributed by atoms with E-state index in [9.17, 15) is 24.0 Å². The summed E-state index contributed by atoms with van der Waals surface area (Å²) in [6.07, 6.45) is 1.78. The molecule has 0 aromatic heterocycles. The molecule has 3 heterocycles. The van der Waals surface area contributed by atoms with Gasteiger partial charge in [-0.15, -0.1) is 0 Å². The quantitative estimate of drug-likeness (QED) is 0.0713. The Morgan fingerprint density at radius 2 is 1.18 bits per heavy atom. The molecule has 3 fully saturated rings. The molecular formula is C45H66N8O8. The van der Waals surface area contributed by atoms with Gasteiger partial charge in [0.05, 0.1) is 51.3 Å². The van der Waals surface area contributed by atoms with E-state index in [0.717, 1.165) is 11.1 Å². The third-order valence-corrected chi connectivity index (χ3v) is 11.0. The zero-order valence-corrected chi connectivity index (χ0v) is 36.5. The molecule has 3 aliphatic rings. The number of nitrogens with zero attached hydrogens (tertiary/aromatic N) is 3. The fourth-order valence-electron chi connectivity index (χ4n) is 7.48. The molecule has 5 atom stereocenters. The molecule has 6 amide bonds. The average molecular weight is 847 g/mol. The van der Waals surface area contributed by atoms with E-state index in [0.29, 0.717) is 84.2 Å². The van der Waals surface area contributed by atoms with Gasteiger partial charge in [-0.1, -0.05) is 88.4 Å². The molecule has 0 spiro atoms. The second-order valence-corrected chi connectivity index (χ2v) is 17.2. The summed E-state index contributed by atoms with van der Waals surface area (Å²) in [4.78, 5) is 73.0. The number of epoxide rings is 1. The summed E-state index contributed by atoms with van der Waals surface area (Å²) >= 11 is 0. The molecule has 334 valence electrons. The highest BCUT2D eigenvalue weighted by molar-refractivity contribution is 6.02. The SMILES string of the molecule is CC(C)CC(NC(=O)[C@H](CCc1ccccc1)NC(=O)CN1CCOCC1)C(=O)N[C@@H](Cc1ccccc1)C(=O)N[C@@H](CC(C)C)/C(=N/NC(=O)N1CCOCC1)[C@@]1(C)CO1. The fraction of sp³-hybridized carbons (Fsp3) is 0.600. The molecule has 5 N–H and O–H groups in total. The maximum Gasteiger partial charge on any atom is 0.337 e. The molecule has 0 bridgehead atoms. The first kappa shape index (κ1) is 47.2. The van der Waals surface area contributed by atoms with Crippen LogP contribution in [0.25, 0.3) is 0 Å². The highest BCUT2D eigenvalue weighted by atomic mass is 16.6. The molecule has 5 rings (SSSR count). The number of nitrogens with one attached hydrogen (secondary N) is 5. The van der Waals surface area contributed by atoms with Gasteiger partial charge in [0, 0.05) is 32.6 Å². The number of morpholine rings is 2. The van der Waals surface area contributed by atoms with E-state index < -0.39 is 47.5 Å². The monoisotopic (exact) mass is 847 g/mol. The summed E-state index contributed by atoms with van der Waals surface area (Å²) in [6, 6.07) is 15.1. The van der Waals surface area contributed by atoms with Crippen molar-refractivity contribution >= 4 is 35.4 Å². The van der Waals surface area contributed by atoms with Gasteiger partial charge < -0.3 is 40.4 Å². The van der Waals surface area contributed by atoms with Crippen molar-refractivity contribution in [1.29, 1.82) is 0 Å². The maximum atomic E-state index is 14.5. The molecule has 2 aromatic rings. The summed E-state index contributed by atoms with van der Waals surface area (Å²) in [5, 5.41) is 16.6. The van der Waals surface area contributed by atoms with Gasteiger partial charge in [-0.25, -0.2) is 10.2 Å². The number of hydrogen-bond donors (Lipinski definition) is 5. The molecule has 1 unspecified atom stereocenters. The van der Waals surface area contributed by atoms with Crippen molar-refractivity contribution in [2.45, 2.75) is 96.5 Å². The van der Waals surface area contributed by atoms with Gasteiger partial charge in [-0.05, 0) is 55.6 Å². The number of rotatable bonds is 21. The molecule has 16 nitrogen and oxygen atoms in total. The number of ether oxygens (including phenoxy) is 3. The van der Waals surface area contributed by atoms with Crippen LogP contribution in [0.15, 0.2) is 65.8 Å². The summed E-state index contributed by atoms with van der Waals surface area (Å²) in [7, 11) is 0. The minimum absolute atomic E-state index is 0.00252. The van der Waals surface area contributed by atoms with E-state index in [2.05, 4.69) is 31.8 Å². The third-order valence-electron chi connectivity index (χ3n) is 11.0. The number of benzene rings is 2. The van der Waals surface area contributed by atoms with Crippen molar-refractivity contribution in [3.8, 4) is 0 Å². The van der Waals surface area contributed by atoms with E-state index in [1.165, 1.54) is 0 Å². The normalized spacial score (nSPS) is 20.2. The number of hydrazone groups is 1. The lowest BCUT2D eigenvalue weighted by Crippen LogP contribution is -2.59. The number of aryl methyl sites for hydroxylation is 1. The average Bonchev–Trinajstić information content (AvgIpc) is 3.99. The van der Waals surface area contributed by atoms with Crippen molar-refractivity contribution in [2.75, 3.05) is 65.8 Å². The summed E-state index contributed by atoms with van der Waals surface area (Å²) in [5.41, 5.74) is 4.19. The van der Waals surface area contributed by atoms with E-state index in [4.69, 9.17) is 14.2 Å². The van der Waals surface area contributed by atoms with E-state index >= 15 is 0 Å². The topological polar surface area (TPSA) is 195 Å². The molecule has 0 aliphatic carbocycles. The van der Waals surface area contributed by atoms with Crippen LogP contribution in [0.3, 0.4) is 0 Å². The molecule has 61 heavy (non-hydrogen) atoms. The summed E-state index contributed by atoms with van der Waals surface area (Å²) in [5.74, 6) is -1.63. The van der Waals surface area contributed by atoms with Crippen LogP contribution in [0.2, 0.25) is 0 Å². The van der Waals surface area contributed by atoms with E-state index in [-0.39, 0.29) is 43.2 Å². The maximum absolute atomic E-state index is 14.5. The van der Waals surface area contributed by atoms with Crippen LogP contribution < -0.4 is 26.7 Å². The number of carbonyl (C=O) groups is 5. The fourth-order valence-corrected chi connectivity index (χ4v) is 7.48. The molecule has 2 aromatic carbocycles. The Balaban J connectivity index is 1.35. The van der Waals surface area contributed by atoms with Gasteiger partial charge >= 0.3 is 6.03 Å². The van der Waals surface area contributed by atoms with Crippen molar-refractivity contribution in [2.24, 2.45) is 16.9 Å². The second kappa shape index (κ2) is 23.4. The van der Waals surface area contributed by atoms with Gasteiger partial charge in [-0.2, -0.15) is 5.10 Å². The molecule has 3 aliphatic heterocycles. The number of hydrogen-bond acceptors (Lipinski definition) is 10. The van der Waals surface area contributed by atoms with E-state index in [1.54, 1.807) is 4.90 Å². The Hall–Kier alpha value is -4.90. The Morgan fingerprint density at radius 1 is 0.672 bits per heavy atom. The summed E-state index contributed by atoms with van der Waals surface area (Å²) < 4.78 is 16.6. The Bertz CT molecular complexity index is 1760. The lowest BCUT2D eigenvalue weighted by Gasteiger charge is -2.30. The van der Waals surface area contributed by atoms with Crippen LogP contribution in [0, 0.1) is 11.8 Å². The minimum atomic E-state index is -1.05. The first-order valence-electron chi connectivity index (χ1n) is 21.7. The van der Waals surface area contributed by atoms with Gasteiger partial charge in [0.2, 0.25) is 23.6 Å². The first-order valence-corrected chi connectivity index (χ1v) is 21.7. The van der Waals surface area contributed by atoms with Crippen molar-refractivity contribution in [3.05, 3.63) is 71.8 Å². The molecule has 16 heteroatoms. The smallest absolute Gasteiger partial charge is 0.337 e. The lowest BCUT2D eigenvalue weighted by molar-refractivity contribution is -0.134. The molecular weight excluding hydrogens is 781 g/mol. The zero-order valence-electron chi connectivity index (χ0n) is 36.5. The first-order chi connectivity index (χ1) is 29.3. The largest absolute Gasteiger partial charge is 0.379 e. The van der Waals surface area contributed by atoms with Crippen LogP contribution in [0.4, 0.5) is 4.79 Å². The molecule has 3 saturated heterocycles. The highest BCUT2D eigenvalue weighted by Crippen LogP contribution is 2.31. The highest BCUT2D eigenvalue weighted by Gasteiger charge is 2.49. The Kier molecular flexibility index (Phi) is 18.1. The number of carbonyl (C=O) groups excluding carboxylic acids is 5. The molecule has 0 radical (unpaired) electrons. The van der Waals surface area contributed by atoms with Crippen molar-refractivity contribution < 1.29 is 38.2 Å². The minimum Gasteiger partial charge on any atom is -0.379 e. The third kappa shape index (κ3) is 15.5. The predicted molar refractivity (Wildman–Crippen MR) is 232 cm³/mol.